The maximum Gasteiger partial charge on any atom is 0.223 e. The minimum absolute atomic E-state index is 0.00729. The number of hydrogen-bond donors (Lipinski definition) is 0. The molecule has 0 spiro atoms. The largest absolute Gasteiger partial charge is 0.343 e. The summed E-state index contributed by atoms with van der Waals surface area (Å²) in [4.78, 5) is 29.8. The number of rotatable bonds is 9. The molecule has 0 aliphatic heterocycles. The fraction of sp³-hybridized carbons (Fsp3) is 0.579. The summed E-state index contributed by atoms with van der Waals surface area (Å²) in [5.74, 6) is 0.0580. The van der Waals surface area contributed by atoms with Gasteiger partial charge >= 0.3 is 0 Å². The van der Waals surface area contributed by atoms with Crippen molar-refractivity contribution in [2.45, 2.75) is 39.8 Å². The van der Waals surface area contributed by atoms with Crippen molar-refractivity contribution in [2.75, 3.05) is 34.2 Å². The highest BCUT2D eigenvalue weighted by molar-refractivity contribution is 5.83. The van der Waals surface area contributed by atoms with E-state index < -0.39 is 0 Å². The van der Waals surface area contributed by atoms with Gasteiger partial charge in [-0.2, -0.15) is 0 Å². The lowest BCUT2D eigenvalue weighted by atomic mass is 10.1. The summed E-state index contributed by atoms with van der Waals surface area (Å²) in [5.41, 5.74) is 2.35. The van der Waals surface area contributed by atoms with Crippen LogP contribution in [0.5, 0.6) is 0 Å². The van der Waals surface area contributed by atoms with Crippen molar-refractivity contribution < 1.29 is 9.59 Å². The molecule has 0 heterocycles. The van der Waals surface area contributed by atoms with Gasteiger partial charge in [-0.3, -0.25) is 9.59 Å². The molecular weight excluding hydrogens is 302 g/mol. The number of benzene rings is 1. The molecule has 0 saturated carbocycles. The van der Waals surface area contributed by atoms with E-state index in [4.69, 9.17) is 0 Å². The highest BCUT2D eigenvalue weighted by atomic mass is 16.2. The lowest BCUT2D eigenvalue weighted by molar-refractivity contribution is -0.136. The van der Waals surface area contributed by atoms with Gasteiger partial charge in [-0.15, -0.1) is 0 Å². The Bertz CT molecular complexity index is 522. The van der Waals surface area contributed by atoms with E-state index in [2.05, 4.69) is 29.2 Å². The van der Waals surface area contributed by atoms with Gasteiger partial charge in [0.2, 0.25) is 11.8 Å². The normalized spacial score (nSPS) is 10.8. The van der Waals surface area contributed by atoms with Gasteiger partial charge in [0.1, 0.15) is 0 Å². The van der Waals surface area contributed by atoms with Gasteiger partial charge in [0.15, 0.2) is 0 Å². The van der Waals surface area contributed by atoms with E-state index in [9.17, 15) is 9.59 Å². The Morgan fingerprint density at radius 1 is 0.792 bits per heavy atom. The first-order valence-electron chi connectivity index (χ1n) is 8.61. The monoisotopic (exact) mass is 333 g/mol. The topological polar surface area (TPSA) is 43.9 Å². The van der Waals surface area contributed by atoms with Gasteiger partial charge in [0.25, 0.3) is 0 Å². The van der Waals surface area contributed by atoms with E-state index in [1.54, 1.807) is 16.8 Å². The first kappa shape index (κ1) is 20.2. The van der Waals surface area contributed by atoms with Crippen molar-refractivity contribution in [1.29, 1.82) is 0 Å². The highest BCUT2D eigenvalue weighted by Gasteiger charge is 2.14. The molecule has 1 aromatic carbocycles. The quantitative estimate of drug-likeness (QED) is 0.697. The first-order valence-corrected chi connectivity index (χ1v) is 8.61. The summed E-state index contributed by atoms with van der Waals surface area (Å²) in [7, 11) is 5.87. The maximum absolute atomic E-state index is 12.2. The molecule has 1 aromatic rings. The van der Waals surface area contributed by atoms with Crippen LogP contribution < -0.4 is 0 Å². The molecule has 0 aliphatic rings. The summed E-state index contributed by atoms with van der Waals surface area (Å²) >= 11 is 0. The lowest BCUT2D eigenvalue weighted by Gasteiger charge is -2.20. The molecule has 0 radical (unpaired) electrons. The Morgan fingerprint density at radius 2 is 1.25 bits per heavy atom. The Labute approximate surface area is 146 Å². The standard InChI is InChI=1S/C19H31N3O2/c1-6-22(7-2)19(24)13-12-18(23)21(5)15-17-10-8-16(9-11-17)14-20(3)4/h8-11H,6-7,12-15H2,1-5H3. The zero-order chi connectivity index (χ0) is 18.1. The van der Waals surface area contributed by atoms with Crippen molar-refractivity contribution in [1.82, 2.24) is 14.7 Å². The van der Waals surface area contributed by atoms with Gasteiger partial charge in [-0.05, 0) is 39.1 Å². The molecule has 0 fully saturated rings. The summed E-state index contributed by atoms with van der Waals surface area (Å²) in [6.07, 6.45) is 0.553. The minimum atomic E-state index is 0.00729. The van der Waals surface area contributed by atoms with Crippen LogP contribution in [0.2, 0.25) is 0 Å². The third-order valence-electron chi connectivity index (χ3n) is 4.04. The summed E-state index contributed by atoms with van der Waals surface area (Å²) < 4.78 is 0. The molecule has 1 rings (SSSR count). The predicted molar refractivity (Wildman–Crippen MR) is 97.5 cm³/mol. The Hall–Kier alpha value is -1.88. The number of amides is 2. The van der Waals surface area contributed by atoms with Crippen molar-refractivity contribution in [3.8, 4) is 0 Å². The van der Waals surface area contributed by atoms with E-state index in [1.165, 1.54) is 5.56 Å². The third-order valence-corrected chi connectivity index (χ3v) is 4.04. The number of nitrogens with zero attached hydrogens (tertiary/aromatic N) is 3. The van der Waals surface area contributed by atoms with Crippen LogP contribution >= 0.6 is 0 Å². The number of carbonyl (C=O) groups excluding carboxylic acids is 2. The van der Waals surface area contributed by atoms with Gasteiger partial charge in [0, 0.05) is 46.1 Å². The fourth-order valence-corrected chi connectivity index (χ4v) is 2.62. The van der Waals surface area contributed by atoms with Crippen LogP contribution in [-0.4, -0.2) is 60.7 Å². The fourth-order valence-electron chi connectivity index (χ4n) is 2.62. The second kappa shape index (κ2) is 10.1. The molecule has 0 N–H and O–H groups in total. The van der Waals surface area contributed by atoms with Crippen molar-refractivity contribution in [3.63, 3.8) is 0 Å². The Morgan fingerprint density at radius 3 is 1.71 bits per heavy atom. The van der Waals surface area contributed by atoms with Crippen LogP contribution in [0.3, 0.4) is 0 Å². The molecule has 0 aliphatic carbocycles. The van der Waals surface area contributed by atoms with Gasteiger partial charge in [-0.25, -0.2) is 0 Å². The van der Waals surface area contributed by atoms with Crippen molar-refractivity contribution in [3.05, 3.63) is 35.4 Å². The zero-order valence-electron chi connectivity index (χ0n) is 15.7. The van der Waals surface area contributed by atoms with Crippen LogP contribution in [0.25, 0.3) is 0 Å². The van der Waals surface area contributed by atoms with Crippen LogP contribution in [-0.2, 0) is 22.7 Å². The molecule has 0 unspecified atom stereocenters. The molecule has 24 heavy (non-hydrogen) atoms. The maximum atomic E-state index is 12.2. The molecule has 5 heteroatoms. The van der Waals surface area contributed by atoms with E-state index in [1.807, 2.05) is 27.9 Å². The van der Waals surface area contributed by atoms with Crippen LogP contribution in [0.1, 0.15) is 37.8 Å². The zero-order valence-corrected chi connectivity index (χ0v) is 15.7. The first-order chi connectivity index (χ1) is 11.4. The average Bonchev–Trinajstić information content (AvgIpc) is 2.55. The van der Waals surface area contributed by atoms with Crippen molar-refractivity contribution >= 4 is 11.8 Å². The van der Waals surface area contributed by atoms with Crippen LogP contribution in [0, 0.1) is 0 Å². The minimum Gasteiger partial charge on any atom is -0.343 e. The SMILES string of the molecule is CCN(CC)C(=O)CCC(=O)N(C)Cc1ccc(CN(C)C)cc1. The molecule has 0 saturated heterocycles. The highest BCUT2D eigenvalue weighted by Crippen LogP contribution is 2.10. The van der Waals surface area contributed by atoms with Gasteiger partial charge < -0.3 is 14.7 Å². The van der Waals surface area contributed by atoms with E-state index in [-0.39, 0.29) is 24.7 Å². The second-order valence-corrected chi connectivity index (χ2v) is 6.37. The number of carbonyl (C=O) groups is 2. The summed E-state index contributed by atoms with van der Waals surface area (Å²) in [6.45, 7) is 6.77. The molecule has 5 nitrogen and oxygen atoms in total. The predicted octanol–water partition coefficient (Wildman–Crippen LogP) is 2.36. The average molecular weight is 333 g/mol. The van der Waals surface area contributed by atoms with E-state index in [0.29, 0.717) is 19.6 Å². The molecule has 134 valence electrons. The van der Waals surface area contributed by atoms with Crippen LogP contribution in [0.15, 0.2) is 24.3 Å². The Kier molecular flexibility index (Phi) is 8.47. The lowest BCUT2D eigenvalue weighted by Crippen LogP contribution is -2.32. The third kappa shape index (κ3) is 6.71. The van der Waals surface area contributed by atoms with Gasteiger partial charge in [0.05, 0.1) is 0 Å². The summed E-state index contributed by atoms with van der Waals surface area (Å²) in [6, 6.07) is 8.31. The molecule has 0 aromatic heterocycles. The molecular formula is C19H31N3O2. The second-order valence-electron chi connectivity index (χ2n) is 6.37. The molecule has 0 bridgehead atoms. The summed E-state index contributed by atoms with van der Waals surface area (Å²) in [5, 5.41) is 0. The Balaban J connectivity index is 2.47. The van der Waals surface area contributed by atoms with Crippen molar-refractivity contribution in [2.24, 2.45) is 0 Å². The smallest absolute Gasteiger partial charge is 0.223 e. The van der Waals surface area contributed by atoms with E-state index in [0.717, 1.165) is 12.1 Å². The van der Waals surface area contributed by atoms with E-state index >= 15 is 0 Å². The number of hydrogen-bond acceptors (Lipinski definition) is 3. The van der Waals surface area contributed by atoms with Gasteiger partial charge in [-0.1, -0.05) is 24.3 Å². The molecule has 0 atom stereocenters. The molecule has 2 amide bonds. The van der Waals surface area contributed by atoms with Crippen LogP contribution in [0.4, 0.5) is 0 Å².